The molecule has 8 heteroatoms. The number of aliphatic hydroxyl groups is 1. The lowest BCUT2D eigenvalue weighted by atomic mass is 9.97. The highest BCUT2D eigenvalue weighted by Gasteiger charge is 2.34. The standard InChI is InChI=1S/C29H36N2O6/c1-20-11-9-10-16-24(27(33)30-23(18-32)17-21-12-5-3-6-13-21)28(34)31-25(19-36-2)26(37-29(20)35)22-14-7-4-8-15-22/h3-10,12-15,20,23-26,32H,11,16-19H2,1-2H3,(H,30,33)(H,31,34)/t20?,23-,24?,25?,26?/m1/s1. The first-order chi connectivity index (χ1) is 17.9. The number of allylic oxidation sites excluding steroid dienone is 2. The summed E-state index contributed by atoms with van der Waals surface area (Å²) in [5.74, 6) is -2.81. The molecule has 37 heavy (non-hydrogen) atoms. The van der Waals surface area contributed by atoms with Gasteiger partial charge in [-0.2, -0.15) is 0 Å². The molecule has 1 heterocycles. The Kier molecular flexibility index (Phi) is 10.9. The molecule has 1 aliphatic heterocycles. The second-order valence-corrected chi connectivity index (χ2v) is 9.31. The number of aliphatic hydroxyl groups excluding tert-OH is 1. The van der Waals surface area contributed by atoms with Crippen molar-refractivity contribution >= 4 is 17.8 Å². The third-order valence-electron chi connectivity index (χ3n) is 6.37. The summed E-state index contributed by atoms with van der Waals surface area (Å²) in [5, 5.41) is 15.6. The number of hydrogen-bond donors (Lipinski definition) is 3. The van der Waals surface area contributed by atoms with Crippen LogP contribution in [0.5, 0.6) is 0 Å². The molecule has 2 aromatic rings. The van der Waals surface area contributed by atoms with Crippen molar-refractivity contribution in [2.24, 2.45) is 11.8 Å². The summed E-state index contributed by atoms with van der Waals surface area (Å²) < 4.78 is 11.2. The van der Waals surface area contributed by atoms with Crippen molar-refractivity contribution < 1.29 is 29.0 Å². The molecule has 198 valence electrons. The van der Waals surface area contributed by atoms with E-state index in [1.165, 1.54) is 7.11 Å². The summed E-state index contributed by atoms with van der Waals surface area (Å²) in [6, 6.07) is 17.4. The zero-order valence-corrected chi connectivity index (χ0v) is 21.3. The number of ether oxygens (including phenoxy) is 2. The van der Waals surface area contributed by atoms with Crippen LogP contribution in [0.2, 0.25) is 0 Å². The molecule has 4 unspecified atom stereocenters. The molecule has 8 nitrogen and oxygen atoms in total. The first kappa shape index (κ1) is 28.1. The van der Waals surface area contributed by atoms with Gasteiger partial charge in [-0.25, -0.2) is 0 Å². The molecule has 0 aliphatic carbocycles. The fraction of sp³-hybridized carbons (Fsp3) is 0.414. The van der Waals surface area contributed by atoms with E-state index in [-0.39, 0.29) is 25.6 Å². The molecule has 3 N–H and O–H groups in total. The first-order valence-electron chi connectivity index (χ1n) is 12.6. The predicted molar refractivity (Wildman–Crippen MR) is 139 cm³/mol. The van der Waals surface area contributed by atoms with Crippen LogP contribution in [0.1, 0.15) is 37.0 Å². The third kappa shape index (κ3) is 8.27. The molecule has 1 aliphatic rings. The van der Waals surface area contributed by atoms with Gasteiger partial charge in [0.15, 0.2) is 0 Å². The van der Waals surface area contributed by atoms with Gasteiger partial charge >= 0.3 is 5.97 Å². The second-order valence-electron chi connectivity index (χ2n) is 9.31. The Morgan fingerprint density at radius 2 is 1.73 bits per heavy atom. The van der Waals surface area contributed by atoms with Crippen molar-refractivity contribution in [3.05, 3.63) is 83.9 Å². The molecule has 2 aromatic carbocycles. The molecule has 0 bridgehead atoms. The summed E-state index contributed by atoms with van der Waals surface area (Å²) >= 11 is 0. The normalized spacial score (nSPS) is 23.6. The van der Waals surface area contributed by atoms with Crippen molar-refractivity contribution in [3.8, 4) is 0 Å². The molecule has 0 aromatic heterocycles. The summed E-state index contributed by atoms with van der Waals surface area (Å²) in [5.41, 5.74) is 1.67. The predicted octanol–water partition coefficient (Wildman–Crippen LogP) is 2.72. The minimum Gasteiger partial charge on any atom is -0.455 e. The van der Waals surface area contributed by atoms with Crippen LogP contribution in [0.3, 0.4) is 0 Å². The van der Waals surface area contributed by atoms with Crippen molar-refractivity contribution in [1.82, 2.24) is 10.6 Å². The Morgan fingerprint density at radius 3 is 2.38 bits per heavy atom. The van der Waals surface area contributed by atoms with E-state index in [0.29, 0.717) is 18.4 Å². The van der Waals surface area contributed by atoms with E-state index in [1.54, 1.807) is 19.1 Å². The van der Waals surface area contributed by atoms with Crippen molar-refractivity contribution in [2.45, 2.75) is 44.4 Å². The monoisotopic (exact) mass is 508 g/mol. The molecular formula is C29H36N2O6. The lowest BCUT2D eigenvalue weighted by molar-refractivity contribution is -0.157. The smallest absolute Gasteiger partial charge is 0.309 e. The molecule has 5 atom stereocenters. The number of amides is 2. The highest BCUT2D eigenvalue weighted by Crippen LogP contribution is 2.25. The van der Waals surface area contributed by atoms with E-state index in [0.717, 1.165) is 5.56 Å². The number of nitrogens with one attached hydrogen (secondary N) is 2. The van der Waals surface area contributed by atoms with Crippen LogP contribution in [0.25, 0.3) is 0 Å². The minimum atomic E-state index is -1.04. The van der Waals surface area contributed by atoms with Gasteiger partial charge in [0.05, 0.1) is 31.2 Å². The number of rotatable bonds is 8. The molecule has 0 fully saturated rings. The molecule has 2 amide bonds. The minimum absolute atomic E-state index is 0.0738. The Hall–Kier alpha value is -3.49. The number of methoxy groups -OCH3 is 1. The molecule has 0 saturated heterocycles. The molecule has 0 saturated carbocycles. The van der Waals surface area contributed by atoms with Crippen molar-refractivity contribution in [3.63, 3.8) is 0 Å². The maximum Gasteiger partial charge on any atom is 0.309 e. The van der Waals surface area contributed by atoms with Crippen LogP contribution in [0.15, 0.2) is 72.8 Å². The third-order valence-corrected chi connectivity index (χ3v) is 6.37. The van der Waals surface area contributed by atoms with Gasteiger partial charge in [0.25, 0.3) is 0 Å². The zero-order valence-electron chi connectivity index (χ0n) is 21.3. The molecule has 3 rings (SSSR count). The Balaban J connectivity index is 1.85. The summed E-state index contributed by atoms with van der Waals surface area (Å²) in [6.45, 7) is 1.59. The summed E-state index contributed by atoms with van der Waals surface area (Å²) in [7, 11) is 1.50. The Morgan fingerprint density at radius 1 is 1.08 bits per heavy atom. The number of benzene rings is 2. The van der Waals surface area contributed by atoms with Gasteiger partial charge < -0.3 is 25.2 Å². The average molecular weight is 509 g/mol. The van der Waals surface area contributed by atoms with Gasteiger partial charge in [-0.1, -0.05) is 79.7 Å². The fourth-order valence-electron chi connectivity index (χ4n) is 4.26. The van der Waals surface area contributed by atoms with Gasteiger partial charge in [0, 0.05) is 7.11 Å². The van der Waals surface area contributed by atoms with Crippen LogP contribution >= 0.6 is 0 Å². The highest BCUT2D eigenvalue weighted by atomic mass is 16.5. The Labute approximate surface area is 218 Å². The van der Waals surface area contributed by atoms with Crippen molar-refractivity contribution in [2.75, 3.05) is 20.3 Å². The van der Waals surface area contributed by atoms with Gasteiger partial charge in [-0.3, -0.25) is 14.4 Å². The van der Waals surface area contributed by atoms with E-state index in [4.69, 9.17) is 9.47 Å². The topological polar surface area (TPSA) is 114 Å². The maximum atomic E-state index is 13.4. The van der Waals surface area contributed by atoms with Gasteiger partial charge in [-0.05, 0) is 30.4 Å². The second kappa shape index (κ2) is 14.3. The highest BCUT2D eigenvalue weighted by molar-refractivity contribution is 6.00. The van der Waals surface area contributed by atoms with Crippen LogP contribution in [-0.2, 0) is 30.3 Å². The van der Waals surface area contributed by atoms with Crippen LogP contribution in [0.4, 0.5) is 0 Å². The van der Waals surface area contributed by atoms with E-state index >= 15 is 0 Å². The molecular weight excluding hydrogens is 472 g/mol. The number of esters is 1. The maximum absolute atomic E-state index is 13.4. The van der Waals surface area contributed by atoms with E-state index in [9.17, 15) is 19.5 Å². The van der Waals surface area contributed by atoms with Crippen molar-refractivity contribution in [1.29, 1.82) is 0 Å². The van der Waals surface area contributed by atoms with Crippen LogP contribution < -0.4 is 10.6 Å². The van der Waals surface area contributed by atoms with E-state index < -0.39 is 41.8 Å². The van der Waals surface area contributed by atoms with E-state index in [2.05, 4.69) is 10.6 Å². The molecule has 0 spiro atoms. The quantitative estimate of drug-likeness (QED) is 0.287. The zero-order chi connectivity index (χ0) is 26.6. The van der Waals surface area contributed by atoms with Gasteiger partial charge in [0.2, 0.25) is 11.8 Å². The van der Waals surface area contributed by atoms with Crippen LogP contribution in [-0.4, -0.2) is 55.3 Å². The summed E-state index contributed by atoms with van der Waals surface area (Å²) in [6.07, 6.45) is 3.73. The number of carbonyl (C=O) groups is 3. The van der Waals surface area contributed by atoms with Gasteiger partial charge in [-0.15, -0.1) is 0 Å². The van der Waals surface area contributed by atoms with Gasteiger partial charge in [0.1, 0.15) is 12.0 Å². The fourth-order valence-corrected chi connectivity index (χ4v) is 4.26. The summed E-state index contributed by atoms with van der Waals surface area (Å²) in [4.78, 5) is 39.6. The first-order valence-corrected chi connectivity index (χ1v) is 12.6. The largest absolute Gasteiger partial charge is 0.455 e. The molecule has 0 radical (unpaired) electrons. The Bertz CT molecular complexity index is 1040. The van der Waals surface area contributed by atoms with E-state index in [1.807, 2.05) is 60.7 Å². The SMILES string of the molecule is COCC1NC(=O)C(C(=O)N[C@@H](CO)Cc2ccccc2)CC=CCC(C)C(=O)OC1c1ccccc1. The number of cyclic esters (lactones) is 1. The lowest BCUT2D eigenvalue weighted by Crippen LogP contribution is -2.51. The average Bonchev–Trinajstić information content (AvgIpc) is 2.91. The van der Waals surface area contributed by atoms with Crippen LogP contribution in [0, 0.1) is 11.8 Å². The number of carbonyl (C=O) groups excluding carboxylic acids is 3. The lowest BCUT2D eigenvalue weighted by Gasteiger charge is -2.30. The number of hydrogen-bond acceptors (Lipinski definition) is 6.